The minimum Gasteiger partial charge on any atom is -0.481 e. The molecule has 0 saturated carbocycles. The summed E-state index contributed by atoms with van der Waals surface area (Å²) in [5.74, 6) is -1.67. The van der Waals surface area contributed by atoms with Crippen LogP contribution >= 0.6 is 0 Å². The molecule has 0 spiro atoms. The third-order valence-electron chi connectivity index (χ3n) is 1.37. The van der Waals surface area contributed by atoms with Crippen molar-refractivity contribution in [2.24, 2.45) is 0 Å². The van der Waals surface area contributed by atoms with Crippen molar-refractivity contribution in [3.63, 3.8) is 0 Å². The number of carboxylic acids is 1. The lowest BCUT2D eigenvalue weighted by molar-refractivity contribution is -0.352. The zero-order chi connectivity index (χ0) is 10.9. The summed E-state index contributed by atoms with van der Waals surface area (Å²) >= 11 is 0. The number of rotatable bonds is 4. The van der Waals surface area contributed by atoms with Crippen LogP contribution in [0.15, 0.2) is 0 Å². The molecule has 0 rings (SSSR count). The van der Waals surface area contributed by atoms with E-state index in [0.717, 1.165) is 6.92 Å². The summed E-state index contributed by atoms with van der Waals surface area (Å²) in [6, 6.07) is 0. The van der Waals surface area contributed by atoms with Crippen LogP contribution in [0.1, 0.15) is 20.3 Å². The van der Waals surface area contributed by atoms with Gasteiger partial charge in [-0.2, -0.15) is 0 Å². The Balaban J connectivity index is 0. The molecule has 13 heavy (non-hydrogen) atoms. The summed E-state index contributed by atoms with van der Waals surface area (Å²) in [6.07, 6.45) is 0.677. The van der Waals surface area contributed by atoms with Crippen molar-refractivity contribution >= 4 is 5.97 Å². The van der Waals surface area contributed by atoms with Gasteiger partial charge >= 0.3 is 0 Å². The van der Waals surface area contributed by atoms with Crippen molar-refractivity contribution < 1.29 is 24.1 Å². The molecule has 0 fully saturated rings. The molecular formula is C8H18O5. The van der Waals surface area contributed by atoms with Gasteiger partial charge in [0.15, 0.2) is 0 Å². The van der Waals surface area contributed by atoms with Crippen LogP contribution in [0, 0.1) is 0 Å². The third-order valence-corrected chi connectivity index (χ3v) is 1.37. The van der Waals surface area contributed by atoms with Gasteiger partial charge < -0.3 is 19.3 Å². The molecule has 1 N–H and O–H groups in total. The zero-order valence-electron chi connectivity index (χ0n) is 8.79. The van der Waals surface area contributed by atoms with Gasteiger partial charge in [-0.25, -0.2) is 0 Å². The van der Waals surface area contributed by atoms with Crippen molar-refractivity contribution in [3.05, 3.63) is 0 Å². The molecule has 0 unspecified atom stereocenters. The Morgan fingerprint density at radius 2 is 1.46 bits per heavy atom. The fourth-order valence-corrected chi connectivity index (χ4v) is 0.683. The summed E-state index contributed by atoms with van der Waals surface area (Å²) in [5, 5.41) is 7.42. The standard InChI is InChI=1S/C6H14O3.C2H4O2/c1-5-6(7-2,8-3)9-4;1-2(3)4/h5H2,1-4H3;1H3,(H,3,4). The number of ether oxygens (including phenoxy) is 3. The minimum absolute atomic E-state index is 0.677. The predicted molar refractivity (Wildman–Crippen MR) is 47.4 cm³/mol. The molecule has 0 aliphatic rings. The van der Waals surface area contributed by atoms with Crippen molar-refractivity contribution in [1.82, 2.24) is 0 Å². The predicted octanol–water partition coefficient (Wildman–Crippen LogP) is 1.08. The Kier molecular flexibility index (Phi) is 9.11. The fourth-order valence-electron chi connectivity index (χ4n) is 0.683. The van der Waals surface area contributed by atoms with Gasteiger partial charge in [0.2, 0.25) is 0 Å². The van der Waals surface area contributed by atoms with Gasteiger partial charge in [0.1, 0.15) is 0 Å². The van der Waals surface area contributed by atoms with E-state index in [9.17, 15) is 0 Å². The van der Waals surface area contributed by atoms with Gasteiger partial charge in [-0.1, -0.05) is 6.92 Å². The molecule has 0 bridgehead atoms. The fraction of sp³-hybridized carbons (Fsp3) is 0.875. The van der Waals surface area contributed by atoms with Crippen LogP contribution in [0.3, 0.4) is 0 Å². The molecule has 0 radical (unpaired) electrons. The lowest BCUT2D eigenvalue weighted by Gasteiger charge is -2.26. The molecule has 0 aliphatic heterocycles. The third kappa shape index (κ3) is 7.70. The Hall–Kier alpha value is -0.650. The summed E-state index contributed by atoms with van der Waals surface area (Å²) in [7, 11) is 4.66. The Labute approximate surface area is 78.6 Å². The summed E-state index contributed by atoms with van der Waals surface area (Å²) in [6.45, 7) is 3.01. The van der Waals surface area contributed by atoms with Crippen LogP contribution < -0.4 is 0 Å². The van der Waals surface area contributed by atoms with Gasteiger partial charge in [0.05, 0.1) is 0 Å². The maximum Gasteiger partial charge on any atom is 0.300 e. The zero-order valence-corrected chi connectivity index (χ0v) is 8.79. The summed E-state index contributed by atoms with van der Waals surface area (Å²) in [4.78, 5) is 9.00. The largest absolute Gasteiger partial charge is 0.481 e. The second-order valence-electron chi connectivity index (χ2n) is 2.17. The lowest BCUT2D eigenvalue weighted by atomic mass is 10.4. The molecule has 5 heteroatoms. The highest BCUT2D eigenvalue weighted by atomic mass is 16.9. The summed E-state index contributed by atoms with van der Waals surface area (Å²) < 4.78 is 14.8. The number of carboxylic acid groups (broad SMARTS) is 1. The molecule has 0 heterocycles. The van der Waals surface area contributed by atoms with Gasteiger partial charge in [-0.15, -0.1) is 0 Å². The Morgan fingerprint density at radius 1 is 1.23 bits per heavy atom. The van der Waals surface area contributed by atoms with E-state index < -0.39 is 11.9 Å². The van der Waals surface area contributed by atoms with Crippen molar-refractivity contribution in [2.75, 3.05) is 21.3 Å². The molecule has 5 nitrogen and oxygen atoms in total. The number of hydrogen-bond donors (Lipinski definition) is 1. The molecule has 80 valence electrons. The van der Waals surface area contributed by atoms with Gasteiger partial charge in [0, 0.05) is 34.7 Å². The van der Waals surface area contributed by atoms with E-state index in [2.05, 4.69) is 0 Å². The second-order valence-corrected chi connectivity index (χ2v) is 2.17. The van der Waals surface area contributed by atoms with Crippen molar-refractivity contribution in [1.29, 1.82) is 0 Å². The smallest absolute Gasteiger partial charge is 0.300 e. The average Bonchev–Trinajstić information content (AvgIpc) is 2.09. The average molecular weight is 194 g/mol. The van der Waals surface area contributed by atoms with Gasteiger partial charge in [-0.05, 0) is 0 Å². The first-order chi connectivity index (χ1) is 5.97. The number of aliphatic carboxylic acids is 1. The monoisotopic (exact) mass is 194 g/mol. The molecule has 0 atom stereocenters. The Bertz CT molecular complexity index is 109. The lowest BCUT2D eigenvalue weighted by Crippen LogP contribution is -2.34. The number of carbonyl (C=O) groups is 1. The topological polar surface area (TPSA) is 65.0 Å². The maximum atomic E-state index is 9.00. The van der Waals surface area contributed by atoms with E-state index in [4.69, 9.17) is 24.1 Å². The maximum absolute atomic E-state index is 9.00. The Morgan fingerprint density at radius 3 is 1.46 bits per heavy atom. The van der Waals surface area contributed by atoms with Crippen LogP contribution in [0.4, 0.5) is 0 Å². The molecular weight excluding hydrogens is 176 g/mol. The van der Waals surface area contributed by atoms with E-state index in [1.807, 2.05) is 6.92 Å². The highest BCUT2D eigenvalue weighted by molar-refractivity contribution is 5.62. The first kappa shape index (κ1) is 14.9. The molecule has 0 aromatic carbocycles. The van der Waals surface area contributed by atoms with Crippen LogP contribution in [0.5, 0.6) is 0 Å². The van der Waals surface area contributed by atoms with Crippen LogP contribution in [0.2, 0.25) is 0 Å². The van der Waals surface area contributed by atoms with Gasteiger partial charge in [-0.3, -0.25) is 4.79 Å². The van der Waals surface area contributed by atoms with Gasteiger partial charge in [0.25, 0.3) is 11.9 Å². The van der Waals surface area contributed by atoms with E-state index >= 15 is 0 Å². The SMILES string of the molecule is CC(=O)O.CCC(OC)(OC)OC. The van der Waals surface area contributed by atoms with E-state index in [-0.39, 0.29) is 0 Å². The molecule has 0 aromatic rings. The molecule has 0 amide bonds. The highest BCUT2D eigenvalue weighted by Crippen LogP contribution is 2.15. The summed E-state index contributed by atoms with van der Waals surface area (Å²) in [5.41, 5.74) is 0. The first-order valence-electron chi connectivity index (χ1n) is 3.83. The normalized spacial score (nSPS) is 10.2. The second kappa shape index (κ2) is 7.97. The number of methoxy groups -OCH3 is 3. The highest BCUT2D eigenvalue weighted by Gasteiger charge is 2.25. The number of hydrogen-bond acceptors (Lipinski definition) is 4. The quantitative estimate of drug-likeness (QED) is 0.678. The molecule has 0 aliphatic carbocycles. The van der Waals surface area contributed by atoms with Crippen molar-refractivity contribution in [3.8, 4) is 0 Å². The molecule has 0 aromatic heterocycles. The van der Waals surface area contributed by atoms with E-state index in [1.165, 1.54) is 0 Å². The van der Waals surface area contributed by atoms with Crippen molar-refractivity contribution in [2.45, 2.75) is 26.2 Å². The van der Waals surface area contributed by atoms with E-state index in [1.54, 1.807) is 21.3 Å². The van der Waals surface area contributed by atoms with E-state index in [0.29, 0.717) is 6.42 Å². The minimum atomic E-state index is -0.833. The first-order valence-corrected chi connectivity index (χ1v) is 3.83. The molecule has 0 saturated heterocycles. The van der Waals surface area contributed by atoms with Crippen LogP contribution in [0.25, 0.3) is 0 Å². The van der Waals surface area contributed by atoms with Crippen LogP contribution in [-0.4, -0.2) is 38.4 Å². The van der Waals surface area contributed by atoms with Crippen LogP contribution in [-0.2, 0) is 19.0 Å².